The average molecular weight is 336 g/mol. The second-order valence-electron chi connectivity index (χ2n) is 5.59. The van der Waals surface area contributed by atoms with E-state index in [2.05, 4.69) is 0 Å². The van der Waals surface area contributed by atoms with Crippen LogP contribution in [0.25, 0.3) is 11.0 Å². The lowest BCUT2D eigenvalue weighted by molar-refractivity contribution is 0.0473. The van der Waals surface area contributed by atoms with Crippen molar-refractivity contribution in [2.45, 2.75) is 20.0 Å². The minimum atomic E-state index is -0.524. The summed E-state index contributed by atoms with van der Waals surface area (Å²) in [6.07, 6.45) is 1.53. The van der Waals surface area contributed by atoms with Crippen LogP contribution in [0.1, 0.15) is 38.8 Å². The molecule has 1 heterocycles. The lowest BCUT2D eigenvalue weighted by atomic mass is 10.1. The fourth-order valence-electron chi connectivity index (χ4n) is 2.54. The molecule has 0 aliphatic carbocycles. The third-order valence-corrected chi connectivity index (χ3v) is 3.94. The van der Waals surface area contributed by atoms with E-state index < -0.39 is 11.6 Å². The molecule has 126 valence electrons. The van der Waals surface area contributed by atoms with Crippen LogP contribution >= 0.6 is 0 Å². The molecule has 25 heavy (non-hydrogen) atoms. The minimum Gasteiger partial charge on any atom is -0.457 e. The van der Waals surface area contributed by atoms with Gasteiger partial charge in [-0.15, -0.1) is 0 Å². The number of hydrogen-bond donors (Lipinski definition) is 0. The molecule has 2 aromatic carbocycles. The smallest absolute Gasteiger partial charge is 0.338 e. The predicted molar refractivity (Wildman–Crippen MR) is 92.8 cm³/mol. The fourth-order valence-corrected chi connectivity index (χ4v) is 2.54. The number of hydrogen-bond acceptors (Lipinski definition) is 5. The highest BCUT2D eigenvalue weighted by Crippen LogP contribution is 2.20. The Bertz CT molecular complexity index is 983. The van der Waals surface area contributed by atoms with Gasteiger partial charge in [-0.05, 0) is 30.2 Å². The minimum absolute atomic E-state index is 0.0398. The van der Waals surface area contributed by atoms with Gasteiger partial charge < -0.3 is 9.15 Å². The quantitative estimate of drug-likeness (QED) is 0.405. The molecule has 0 saturated carbocycles. The van der Waals surface area contributed by atoms with Crippen molar-refractivity contribution in [2.24, 2.45) is 0 Å². The first-order valence-corrected chi connectivity index (χ1v) is 7.88. The SMILES string of the molecule is CCc1ccc2c(COC(=O)c3ccc(C=O)cc3)cc(=O)oc2c1. The zero-order valence-corrected chi connectivity index (χ0v) is 13.7. The van der Waals surface area contributed by atoms with E-state index in [4.69, 9.17) is 9.15 Å². The molecule has 0 N–H and O–H groups in total. The molecule has 0 saturated heterocycles. The Hall–Kier alpha value is -3.21. The molecule has 5 heteroatoms. The molecule has 1 aromatic heterocycles. The number of carbonyl (C=O) groups is 2. The van der Waals surface area contributed by atoms with E-state index in [-0.39, 0.29) is 6.61 Å². The van der Waals surface area contributed by atoms with Gasteiger partial charge >= 0.3 is 11.6 Å². The van der Waals surface area contributed by atoms with E-state index in [1.807, 2.05) is 25.1 Å². The molecule has 0 unspecified atom stereocenters. The fraction of sp³-hybridized carbons (Fsp3) is 0.150. The molecular weight excluding hydrogens is 320 g/mol. The second-order valence-corrected chi connectivity index (χ2v) is 5.59. The van der Waals surface area contributed by atoms with Crippen LogP contribution in [0.4, 0.5) is 0 Å². The zero-order valence-electron chi connectivity index (χ0n) is 13.7. The van der Waals surface area contributed by atoms with Crippen LogP contribution in [0.5, 0.6) is 0 Å². The maximum Gasteiger partial charge on any atom is 0.338 e. The summed E-state index contributed by atoms with van der Waals surface area (Å²) in [5.41, 5.74) is 2.46. The number of esters is 1. The van der Waals surface area contributed by atoms with Crippen molar-refractivity contribution in [1.82, 2.24) is 0 Å². The summed E-state index contributed by atoms with van der Waals surface area (Å²) in [5, 5.41) is 0.737. The Kier molecular flexibility index (Phi) is 4.75. The molecule has 5 nitrogen and oxygen atoms in total. The summed E-state index contributed by atoms with van der Waals surface area (Å²) in [6, 6.07) is 13.1. The lowest BCUT2D eigenvalue weighted by Crippen LogP contribution is -2.08. The molecule has 0 aliphatic rings. The van der Waals surface area contributed by atoms with Crippen LogP contribution < -0.4 is 5.63 Å². The monoisotopic (exact) mass is 336 g/mol. The normalized spacial score (nSPS) is 10.6. The molecule has 0 spiro atoms. The zero-order chi connectivity index (χ0) is 17.8. The number of aryl methyl sites for hydroxylation is 1. The Morgan fingerprint density at radius 2 is 1.88 bits per heavy atom. The second kappa shape index (κ2) is 7.13. The number of benzene rings is 2. The number of ether oxygens (including phenoxy) is 1. The first-order chi connectivity index (χ1) is 12.1. The molecule has 0 atom stereocenters. The van der Waals surface area contributed by atoms with Crippen molar-refractivity contribution in [3.63, 3.8) is 0 Å². The van der Waals surface area contributed by atoms with E-state index in [1.54, 1.807) is 12.1 Å². The molecule has 0 radical (unpaired) electrons. The Balaban J connectivity index is 1.83. The number of carbonyl (C=O) groups excluding carboxylic acids is 2. The lowest BCUT2D eigenvalue weighted by Gasteiger charge is -2.08. The van der Waals surface area contributed by atoms with Gasteiger partial charge in [0.05, 0.1) is 5.56 Å². The van der Waals surface area contributed by atoms with Gasteiger partial charge in [0, 0.05) is 22.6 Å². The third kappa shape index (κ3) is 3.66. The van der Waals surface area contributed by atoms with Crippen molar-refractivity contribution in [3.05, 3.63) is 81.2 Å². The van der Waals surface area contributed by atoms with Crippen LogP contribution in [0, 0.1) is 0 Å². The summed E-state index contributed by atoms with van der Waals surface area (Å²) in [5.74, 6) is -0.524. The van der Waals surface area contributed by atoms with Crippen LogP contribution in [0.3, 0.4) is 0 Å². The summed E-state index contributed by atoms with van der Waals surface area (Å²) in [4.78, 5) is 34.5. The van der Waals surface area contributed by atoms with Crippen molar-refractivity contribution in [1.29, 1.82) is 0 Å². The molecule has 0 aliphatic heterocycles. The molecule has 0 bridgehead atoms. The third-order valence-electron chi connectivity index (χ3n) is 3.94. The van der Waals surface area contributed by atoms with Crippen molar-refractivity contribution >= 4 is 23.2 Å². The Labute approximate surface area is 143 Å². The molecule has 3 aromatic rings. The van der Waals surface area contributed by atoms with Gasteiger partial charge in [0.25, 0.3) is 0 Å². The van der Waals surface area contributed by atoms with Gasteiger partial charge in [-0.2, -0.15) is 0 Å². The first-order valence-electron chi connectivity index (χ1n) is 7.88. The van der Waals surface area contributed by atoms with E-state index >= 15 is 0 Å². The highest BCUT2D eigenvalue weighted by atomic mass is 16.5. The van der Waals surface area contributed by atoms with E-state index in [0.717, 1.165) is 17.4 Å². The number of fused-ring (bicyclic) bond motifs is 1. The topological polar surface area (TPSA) is 73.6 Å². The Morgan fingerprint density at radius 3 is 2.56 bits per heavy atom. The number of aldehydes is 1. The summed E-state index contributed by atoms with van der Waals surface area (Å²) < 4.78 is 10.5. The number of rotatable bonds is 5. The van der Waals surface area contributed by atoms with Gasteiger partial charge in [0.2, 0.25) is 0 Å². The largest absolute Gasteiger partial charge is 0.457 e. The summed E-state index contributed by atoms with van der Waals surface area (Å²) in [7, 11) is 0. The predicted octanol–water partition coefficient (Wildman–Crippen LogP) is 3.52. The summed E-state index contributed by atoms with van der Waals surface area (Å²) in [6.45, 7) is 1.97. The maximum absolute atomic E-state index is 12.1. The van der Waals surface area contributed by atoms with E-state index in [0.29, 0.717) is 28.6 Å². The maximum atomic E-state index is 12.1. The van der Waals surface area contributed by atoms with Crippen molar-refractivity contribution < 1.29 is 18.7 Å². The van der Waals surface area contributed by atoms with Crippen LogP contribution in [-0.4, -0.2) is 12.3 Å². The average Bonchev–Trinajstić information content (AvgIpc) is 2.65. The van der Waals surface area contributed by atoms with Crippen LogP contribution in [0.15, 0.2) is 57.7 Å². The van der Waals surface area contributed by atoms with Gasteiger partial charge in [0.1, 0.15) is 18.5 Å². The van der Waals surface area contributed by atoms with Gasteiger partial charge in [-0.25, -0.2) is 9.59 Å². The molecular formula is C20H16O5. The van der Waals surface area contributed by atoms with Crippen molar-refractivity contribution in [2.75, 3.05) is 0 Å². The summed E-state index contributed by atoms with van der Waals surface area (Å²) >= 11 is 0. The van der Waals surface area contributed by atoms with E-state index in [1.165, 1.54) is 18.2 Å². The first kappa shape index (κ1) is 16.6. The van der Waals surface area contributed by atoms with Crippen molar-refractivity contribution in [3.8, 4) is 0 Å². The van der Waals surface area contributed by atoms with Gasteiger partial charge in [0.15, 0.2) is 0 Å². The van der Waals surface area contributed by atoms with Gasteiger partial charge in [-0.1, -0.05) is 31.2 Å². The Morgan fingerprint density at radius 1 is 1.12 bits per heavy atom. The van der Waals surface area contributed by atoms with Crippen LogP contribution in [0.2, 0.25) is 0 Å². The van der Waals surface area contributed by atoms with E-state index in [9.17, 15) is 14.4 Å². The van der Waals surface area contributed by atoms with Crippen LogP contribution in [-0.2, 0) is 17.8 Å². The molecule has 0 amide bonds. The highest BCUT2D eigenvalue weighted by molar-refractivity contribution is 5.90. The highest BCUT2D eigenvalue weighted by Gasteiger charge is 2.11. The molecule has 0 fully saturated rings. The van der Waals surface area contributed by atoms with Gasteiger partial charge in [-0.3, -0.25) is 4.79 Å². The molecule has 3 rings (SSSR count). The standard InChI is InChI=1S/C20H16O5/c1-2-13-5-8-17-16(10-19(22)25-18(17)9-13)12-24-20(23)15-6-3-14(11-21)4-7-15/h3-11H,2,12H2,1H3.